The third-order valence-electron chi connectivity index (χ3n) is 2.16. The number of aliphatic carboxylic acids is 1. The Balaban J connectivity index is 5.07. The van der Waals surface area contributed by atoms with Crippen molar-refractivity contribution in [3.8, 4) is 12.3 Å². The van der Waals surface area contributed by atoms with Crippen LogP contribution < -0.4 is 5.73 Å². The van der Waals surface area contributed by atoms with Gasteiger partial charge in [-0.3, -0.25) is 0 Å². The first-order valence-electron chi connectivity index (χ1n) is 4.93. The van der Waals surface area contributed by atoms with E-state index >= 15 is 0 Å². The summed E-state index contributed by atoms with van der Waals surface area (Å²) < 4.78 is -1.41. The van der Waals surface area contributed by atoms with E-state index in [9.17, 15) is 9.90 Å². The summed E-state index contributed by atoms with van der Waals surface area (Å²) in [6.45, 7) is 3.36. The highest BCUT2D eigenvalue weighted by Gasteiger charge is 2.30. The fourth-order valence-electron chi connectivity index (χ4n) is 1.04. The molecule has 4 nitrogen and oxygen atoms in total. The van der Waals surface area contributed by atoms with Crippen molar-refractivity contribution in [1.29, 1.82) is 0 Å². The lowest BCUT2D eigenvalue weighted by Gasteiger charge is -2.18. The molecular weight excluding hydrogens is 333 g/mol. The van der Waals surface area contributed by atoms with E-state index in [-0.39, 0.29) is 6.42 Å². The van der Waals surface area contributed by atoms with Gasteiger partial charge in [0, 0.05) is 6.42 Å². The molecule has 0 saturated carbocycles. The van der Waals surface area contributed by atoms with Crippen LogP contribution in [0.1, 0.15) is 20.3 Å². The maximum absolute atomic E-state index is 10.9. The molecule has 2 unspecified atom stereocenters. The standard InChI is InChI=1S/C12H16INO3/c1-4-5-10(6-8(2)9(3)15)7-12(13,14)11(16)17/h1,5-6,9,15H,7,14H2,2-3H3,(H,16,17)/b8-6+,10-5+. The number of allylic oxidation sites excluding steroid dienone is 2. The van der Waals surface area contributed by atoms with Crippen LogP contribution in [0.15, 0.2) is 23.3 Å². The number of hydrogen-bond donors (Lipinski definition) is 3. The van der Waals surface area contributed by atoms with E-state index in [1.807, 2.05) is 0 Å². The minimum absolute atomic E-state index is 0.0944. The molecular formula is C12H16INO3. The molecule has 0 aromatic rings. The van der Waals surface area contributed by atoms with E-state index in [0.29, 0.717) is 11.1 Å². The average molecular weight is 349 g/mol. The van der Waals surface area contributed by atoms with E-state index in [2.05, 4.69) is 5.92 Å². The van der Waals surface area contributed by atoms with Gasteiger partial charge in [-0.1, -0.05) is 12.0 Å². The van der Waals surface area contributed by atoms with Crippen LogP contribution in [0.2, 0.25) is 0 Å². The number of carboxylic acid groups (broad SMARTS) is 1. The number of halogens is 1. The molecule has 0 aliphatic rings. The molecule has 2 atom stereocenters. The lowest BCUT2D eigenvalue weighted by molar-refractivity contribution is -0.139. The van der Waals surface area contributed by atoms with Gasteiger partial charge in [0.25, 0.3) is 0 Å². The largest absolute Gasteiger partial charge is 0.479 e. The van der Waals surface area contributed by atoms with Gasteiger partial charge in [0.2, 0.25) is 0 Å². The van der Waals surface area contributed by atoms with Crippen LogP contribution in [0.5, 0.6) is 0 Å². The van der Waals surface area contributed by atoms with Gasteiger partial charge in [-0.15, -0.1) is 6.42 Å². The molecule has 94 valence electrons. The zero-order chi connectivity index (χ0) is 13.6. The smallest absolute Gasteiger partial charge is 0.334 e. The molecule has 5 heteroatoms. The molecule has 0 amide bonds. The number of alkyl halides is 1. The fourth-order valence-corrected chi connectivity index (χ4v) is 1.48. The number of rotatable bonds is 5. The van der Waals surface area contributed by atoms with Gasteiger partial charge in [0.1, 0.15) is 0 Å². The van der Waals surface area contributed by atoms with Gasteiger partial charge in [-0.05, 0) is 53.7 Å². The van der Waals surface area contributed by atoms with Gasteiger partial charge >= 0.3 is 5.97 Å². The number of carbonyl (C=O) groups is 1. The monoisotopic (exact) mass is 349 g/mol. The van der Waals surface area contributed by atoms with Gasteiger partial charge in [-0.25, -0.2) is 4.79 Å². The van der Waals surface area contributed by atoms with Crippen LogP contribution in [-0.4, -0.2) is 25.8 Å². The Hall–Kier alpha value is -0.840. The van der Waals surface area contributed by atoms with Gasteiger partial charge < -0.3 is 15.9 Å². The summed E-state index contributed by atoms with van der Waals surface area (Å²) in [5.74, 6) is 1.23. The number of carboxylic acids is 1. The molecule has 0 radical (unpaired) electrons. The molecule has 17 heavy (non-hydrogen) atoms. The highest BCUT2D eigenvalue weighted by Crippen LogP contribution is 2.23. The summed E-state index contributed by atoms with van der Waals surface area (Å²) in [6, 6.07) is 0. The maximum Gasteiger partial charge on any atom is 0.334 e. The first-order valence-corrected chi connectivity index (χ1v) is 6.01. The predicted molar refractivity (Wildman–Crippen MR) is 75.5 cm³/mol. The second-order valence-electron chi connectivity index (χ2n) is 3.79. The molecule has 0 saturated heterocycles. The summed E-state index contributed by atoms with van der Waals surface area (Å²) >= 11 is 1.66. The van der Waals surface area contributed by atoms with Crippen molar-refractivity contribution in [1.82, 2.24) is 0 Å². The van der Waals surface area contributed by atoms with Gasteiger partial charge in [0.15, 0.2) is 3.55 Å². The van der Waals surface area contributed by atoms with E-state index in [0.717, 1.165) is 0 Å². The predicted octanol–water partition coefficient (Wildman–Crippen LogP) is 1.44. The molecule has 0 fully saturated rings. The fraction of sp³-hybridized carbons (Fsp3) is 0.417. The minimum atomic E-state index is -1.41. The highest BCUT2D eigenvalue weighted by atomic mass is 127. The lowest BCUT2D eigenvalue weighted by atomic mass is 10.0. The third-order valence-corrected chi connectivity index (χ3v) is 3.00. The topological polar surface area (TPSA) is 83.5 Å². The Morgan fingerprint density at radius 1 is 1.71 bits per heavy atom. The third kappa shape index (κ3) is 5.86. The van der Waals surface area contributed by atoms with Gasteiger partial charge in [0.05, 0.1) is 6.10 Å². The van der Waals surface area contributed by atoms with Crippen LogP contribution in [0.3, 0.4) is 0 Å². The van der Waals surface area contributed by atoms with E-state index in [1.165, 1.54) is 6.08 Å². The van der Waals surface area contributed by atoms with Crippen molar-refractivity contribution < 1.29 is 15.0 Å². The van der Waals surface area contributed by atoms with Crippen molar-refractivity contribution in [3.05, 3.63) is 23.3 Å². The summed E-state index contributed by atoms with van der Waals surface area (Å²) in [4.78, 5) is 10.9. The number of terminal acetylenes is 1. The van der Waals surface area contributed by atoms with E-state index in [1.54, 1.807) is 42.5 Å². The first kappa shape index (κ1) is 16.2. The van der Waals surface area contributed by atoms with Crippen LogP contribution in [0.25, 0.3) is 0 Å². The SMILES string of the molecule is C#C/C=C(\C=C(/C)C(C)O)CC(N)(I)C(=O)O. The van der Waals surface area contributed by atoms with Crippen molar-refractivity contribution in [3.63, 3.8) is 0 Å². The van der Waals surface area contributed by atoms with Crippen LogP contribution >= 0.6 is 22.6 Å². The second kappa shape index (κ2) is 6.79. The zero-order valence-corrected chi connectivity index (χ0v) is 11.9. The molecule has 0 heterocycles. The number of aliphatic hydroxyl groups is 1. The highest BCUT2D eigenvalue weighted by molar-refractivity contribution is 14.1. The Labute approximate surface area is 115 Å². The van der Waals surface area contributed by atoms with Crippen molar-refractivity contribution in [2.24, 2.45) is 5.73 Å². The molecule has 0 aromatic heterocycles. The first-order chi connectivity index (χ1) is 7.70. The summed E-state index contributed by atoms with van der Waals surface area (Å²) in [5, 5.41) is 18.3. The number of nitrogens with two attached hydrogens (primary N) is 1. The Morgan fingerprint density at radius 3 is 2.59 bits per heavy atom. The van der Waals surface area contributed by atoms with Gasteiger partial charge in [-0.2, -0.15) is 0 Å². The van der Waals surface area contributed by atoms with Crippen LogP contribution in [0.4, 0.5) is 0 Å². The average Bonchev–Trinajstić information content (AvgIpc) is 2.16. The zero-order valence-electron chi connectivity index (χ0n) is 9.77. The molecule has 0 bridgehead atoms. The van der Waals surface area contributed by atoms with Crippen LogP contribution in [0, 0.1) is 12.3 Å². The Kier molecular flexibility index (Phi) is 6.45. The van der Waals surface area contributed by atoms with Crippen LogP contribution in [-0.2, 0) is 4.79 Å². The summed E-state index contributed by atoms with van der Waals surface area (Å²) in [5.41, 5.74) is 6.93. The van der Waals surface area contributed by atoms with Crippen molar-refractivity contribution >= 4 is 28.6 Å². The second-order valence-corrected chi connectivity index (χ2v) is 5.72. The van der Waals surface area contributed by atoms with E-state index in [4.69, 9.17) is 17.3 Å². The maximum atomic E-state index is 10.9. The molecule has 4 N–H and O–H groups in total. The lowest BCUT2D eigenvalue weighted by Crippen LogP contribution is -2.41. The molecule has 0 aromatic carbocycles. The number of hydrogen-bond acceptors (Lipinski definition) is 3. The quantitative estimate of drug-likeness (QED) is 0.231. The summed E-state index contributed by atoms with van der Waals surface area (Å²) in [6.07, 6.45) is 7.77. The summed E-state index contributed by atoms with van der Waals surface area (Å²) in [7, 11) is 0. The number of aliphatic hydroxyl groups excluding tert-OH is 1. The molecule has 0 aliphatic heterocycles. The Morgan fingerprint density at radius 2 is 2.24 bits per heavy atom. The molecule has 0 spiro atoms. The Bertz CT molecular complexity index is 389. The van der Waals surface area contributed by atoms with Crippen molar-refractivity contribution in [2.75, 3.05) is 0 Å². The van der Waals surface area contributed by atoms with Crippen molar-refractivity contribution in [2.45, 2.75) is 29.9 Å². The van der Waals surface area contributed by atoms with E-state index < -0.39 is 15.6 Å². The molecule has 0 aliphatic carbocycles. The minimum Gasteiger partial charge on any atom is -0.479 e. The molecule has 0 rings (SSSR count). The normalized spacial score (nSPS) is 18.1.